The van der Waals surface area contributed by atoms with Crippen LogP contribution in [0.4, 0.5) is 11.4 Å². The zero-order valence-electron chi connectivity index (χ0n) is 39.2. The molecule has 0 aliphatic carbocycles. The molecule has 4 heterocycles. The van der Waals surface area contributed by atoms with E-state index < -0.39 is 23.5 Å². The van der Waals surface area contributed by atoms with E-state index in [0.29, 0.717) is 95.5 Å². The van der Waals surface area contributed by atoms with Crippen molar-refractivity contribution in [3.63, 3.8) is 0 Å². The fraction of sp³-hybridized carbons (Fsp3) is 0.111. The molecular formula is C54H40AlCl7N8O5. The van der Waals surface area contributed by atoms with Crippen molar-refractivity contribution in [2.45, 2.75) is 31.5 Å². The van der Waals surface area contributed by atoms with Gasteiger partial charge in [0.1, 0.15) is 17.8 Å². The molecule has 5 N–H and O–H groups in total. The number of methoxy groups -OCH3 is 1. The van der Waals surface area contributed by atoms with Gasteiger partial charge in [-0.2, -0.15) is 0 Å². The fourth-order valence-corrected chi connectivity index (χ4v) is 9.52. The number of benzene rings is 7. The molecular weight excluding hydrogens is 1120 g/mol. The van der Waals surface area contributed by atoms with Crippen LogP contribution in [0.5, 0.6) is 5.75 Å². The number of ether oxygens (including phenoxy) is 1. The van der Waals surface area contributed by atoms with Crippen LogP contribution >= 0.6 is 76.6 Å². The Balaban J connectivity index is 0.000000176. The Kier molecular flexibility index (Phi) is 16.9. The molecule has 0 radical (unpaired) electrons. The van der Waals surface area contributed by atoms with Crippen molar-refractivity contribution < 1.29 is 14.3 Å². The van der Waals surface area contributed by atoms with Gasteiger partial charge in [0.05, 0.1) is 58.5 Å². The topological polar surface area (TPSA) is 181 Å². The van der Waals surface area contributed by atoms with Crippen LogP contribution in [-0.4, -0.2) is 73.8 Å². The smallest absolute Gasteiger partial charge is 0.497 e. The third-order valence-corrected chi connectivity index (χ3v) is 13.5. The minimum absolute atomic E-state index is 0.162. The van der Waals surface area contributed by atoms with E-state index in [9.17, 15) is 19.2 Å². The minimum Gasteiger partial charge on any atom is -0.497 e. The van der Waals surface area contributed by atoms with Gasteiger partial charge < -0.3 is 34.9 Å². The quantitative estimate of drug-likeness (QED) is 0.0901. The maximum atomic E-state index is 14.3. The molecule has 2 atom stereocenters. The molecule has 2 amide bonds. The first-order chi connectivity index (χ1) is 36.1. The van der Waals surface area contributed by atoms with Crippen LogP contribution in [0.25, 0.3) is 22.1 Å². The van der Waals surface area contributed by atoms with Gasteiger partial charge in [-0.1, -0.05) is 107 Å². The average Bonchev–Trinajstić information content (AvgIpc) is 3.90. The molecule has 0 saturated carbocycles. The zero-order chi connectivity index (χ0) is 52.9. The Hall–Kier alpha value is -6.28. The van der Waals surface area contributed by atoms with Crippen LogP contribution in [0.2, 0.25) is 20.1 Å². The van der Waals surface area contributed by atoms with Crippen LogP contribution in [0, 0.1) is 0 Å². The predicted octanol–water partition coefficient (Wildman–Crippen LogP) is 12.4. The van der Waals surface area contributed by atoms with Crippen molar-refractivity contribution in [2.24, 2.45) is 9.98 Å². The number of halogens is 7. The Morgan fingerprint density at radius 1 is 0.560 bits per heavy atom. The summed E-state index contributed by atoms with van der Waals surface area (Å²) in [6.45, 7) is 0.323. The van der Waals surface area contributed by atoms with E-state index in [1.807, 2.05) is 109 Å². The lowest BCUT2D eigenvalue weighted by molar-refractivity contribution is -0.120. The lowest BCUT2D eigenvalue weighted by atomic mass is 9.99. The SMILES string of the molecule is COc1ccc(CN2C(=O)C(Cc3ccccc3Cl)N=C(c3ccc4[nH]c(=O)[nH]c4c3)c3cc(Cl)ccc32)cc1.O=C1Nc2ccc(Cl)cc2C(c2ccc3[nH]c(=O)[nH]c3c2)=NC1Cc1ccccc1Cl.[Cl][Al]([Cl])[Cl]. The predicted molar refractivity (Wildman–Crippen MR) is 306 cm³/mol. The molecule has 0 spiro atoms. The van der Waals surface area contributed by atoms with E-state index in [2.05, 4.69) is 25.3 Å². The second-order valence-electron chi connectivity index (χ2n) is 17.1. The normalized spacial score (nSPS) is 15.0. The van der Waals surface area contributed by atoms with Gasteiger partial charge in [-0.3, -0.25) is 19.6 Å². The van der Waals surface area contributed by atoms with E-state index >= 15 is 0 Å². The Labute approximate surface area is 465 Å². The summed E-state index contributed by atoms with van der Waals surface area (Å²) in [5, 5.41) is 5.17. The Morgan fingerprint density at radius 2 is 1.05 bits per heavy atom. The van der Waals surface area contributed by atoms with Gasteiger partial charge >= 0.3 is 22.8 Å². The fourth-order valence-electron chi connectivity index (χ4n) is 8.75. The molecule has 2 unspecified atom stereocenters. The van der Waals surface area contributed by atoms with E-state index in [1.54, 1.807) is 48.4 Å². The van der Waals surface area contributed by atoms with Gasteiger partial charge in [-0.05, 0) is 102 Å². The number of rotatable bonds is 9. The van der Waals surface area contributed by atoms with Crippen molar-refractivity contribution in [1.82, 2.24) is 19.9 Å². The van der Waals surface area contributed by atoms with Gasteiger partial charge in [0.15, 0.2) is 0 Å². The highest BCUT2D eigenvalue weighted by Crippen LogP contribution is 2.35. The monoisotopic (exact) mass is 1150 g/mol. The molecule has 2 aliphatic heterocycles. The number of hydrogen-bond acceptors (Lipinski definition) is 7. The highest BCUT2D eigenvalue weighted by Gasteiger charge is 2.33. The van der Waals surface area contributed by atoms with E-state index in [0.717, 1.165) is 33.6 Å². The largest absolute Gasteiger partial charge is 0.643 e. The van der Waals surface area contributed by atoms with Crippen molar-refractivity contribution in [3.05, 3.63) is 226 Å². The number of aromatic nitrogens is 4. The van der Waals surface area contributed by atoms with Crippen LogP contribution in [-0.2, 0) is 29.0 Å². The van der Waals surface area contributed by atoms with Gasteiger partial charge in [-0.25, -0.2) is 39.7 Å². The number of carbonyl (C=O) groups is 2. The van der Waals surface area contributed by atoms with Crippen LogP contribution in [0.15, 0.2) is 165 Å². The summed E-state index contributed by atoms with van der Waals surface area (Å²) < 4.78 is 5.31. The second-order valence-corrected chi connectivity index (χ2v) is 25.2. The van der Waals surface area contributed by atoms with Crippen LogP contribution in [0.1, 0.15) is 38.9 Å². The van der Waals surface area contributed by atoms with Gasteiger partial charge in [0.25, 0.3) is 5.91 Å². The highest BCUT2D eigenvalue weighted by atomic mass is 35.8. The number of anilines is 2. The molecule has 0 fully saturated rings. The third kappa shape index (κ3) is 12.7. The zero-order valence-corrected chi connectivity index (χ0v) is 45.7. The highest BCUT2D eigenvalue weighted by molar-refractivity contribution is 7.54. The summed E-state index contributed by atoms with van der Waals surface area (Å²) in [6, 6.07) is 42.8. The average molecular weight is 1160 g/mol. The third-order valence-electron chi connectivity index (χ3n) is 12.2. The Bertz CT molecular complexity index is 3800. The molecule has 21 heteroatoms. The van der Waals surface area contributed by atoms with E-state index in [-0.39, 0.29) is 23.2 Å². The number of nitrogens with zero attached hydrogens (tertiary/aromatic N) is 3. The number of nitrogens with one attached hydrogen (secondary N) is 5. The number of hydrogen-bond donors (Lipinski definition) is 5. The molecule has 13 nitrogen and oxygen atoms in total. The molecule has 75 heavy (non-hydrogen) atoms. The first-order valence-corrected chi connectivity index (χ1v) is 29.7. The minimum atomic E-state index is -1.72. The first-order valence-electron chi connectivity index (χ1n) is 22.9. The number of benzodiazepines with no additional fused rings is 2. The molecule has 2 aliphatic rings. The van der Waals surface area contributed by atoms with Crippen molar-refractivity contribution in [3.8, 4) is 5.75 Å². The number of amides is 2. The molecule has 0 saturated heterocycles. The molecule has 9 aromatic rings. The van der Waals surface area contributed by atoms with Crippen LogP contribution in [0.3, 0.4) is 0 Å². The summed E-state index contributed by atoms with van der Waals surface area (Å²) >= 11 is 23.9. The second kappa shape index (κ2) is 23.7. The summed E-state index contributed by atoms with van der Waals surface area (Å²) in [5.41, 5.74) is 10.1. The maximum Gasteiger partial charge on any atom is 0.643 e. The number of carbonyl (C=O) groups excluding carboxylic acids is 2. The summed E-state index contributed by atoms with van der Waals surface area (Å²) in [4.78, 5) is 73.7. The van der Waals surface area contributed by atoms with Gasteiger partial charge in [0.2, 0.25) is 5.91 Å². The number of aliphatic imine (C=N–C) groups is 2. The lowest BCUT2D eigenvalue weighted by Gasteiger charge is -2.26. The van der Waals surface area contributed by atoms with E-state index in [1.165, 1.54) is 0 Å². The van der Waals surface area contributed by atoms with Crippen molar-refractivity contribution >= 4 is 145 Å². The lowest BCUT2D eigenvalue weighted by Crippen LogP contribution is -2.38. The van der Waals surface area contributed by atoms with Crippen LogP contribution < -0.4 is 26.3 Å². The first kappa shape index (κ1) is 53.5. The molecule has 0 bridgehead atoms. The van der Waals surface area contributed by atoms with Gasteiger partial charge in [0, 0.05) is 55.2 Å². The maximum absolute atomic E-state index is 14.3. The van der Waals surface area contributed by atoms with Crippen molar-refractivity contribution in [2.75, 3.05) is 17.3 Å². The molecule has 378 valence electrons. The standard InChI is InChI=1S/C31H24Cl2N4O3.C23H16Cl2N4O2.Al.3ClH/c1-40-22-10-6-18(7-11-22)17-37-28-13-9-21(32)16-23(28)29(20-8-12-25-26(15-20)36-31(39)35-25)34-27(30(37)38)14-19-4-2-3-5-24(19)33;24-14-6-8-17-15(11-14)21(13-5-7-18-19(10-13)29-23(31)28-18)26-20(22(30)27-17)9-12-3-1-2-4-16(12)25;;;;/h2-13,15-16,27H,14,17H2,1H3,(H2,35,36,39);1-8,10-11,20H,9H2,(H,27,30)(H2,28,29,31);;3*1H/q;;+3;;;/p-3. The summed E-state index contributed by atoms with van der Waals surface area (Å²) in [6.07, 6.45) is 0.659. The number of imidazole rings is 2. The number of fused-ring (bicyclic) bond motifs is 4. The molecule has 7 aromatic carbocycles. The van der Waals surface area contributed by atoms with Gasteiger partial charge in [-0.15, -0.1) is 0 Å². The number of aromatic amines is 4. The Morgan fingerprint density at radius 3 is 1.61 bits per heavy atom. The molecule has 11 rings (SSSR count). The summed E-state index contributed by atoms with van der Waals surface area (Å²) in [5.74, 6) is 0.346. The molecule has 2 aromatic heterocycles. The van der Waals surface area contributed by atoms with Crippen molar-refractivity contribution in [1.29, 1.82) is 0 Å². The van der Waals surface area contributed by atoms with E-state index in [4.69, 9.17) is 91.3 Å². The summed E-state index contributed by atoms with van der Waals surface area (Å²) in [7, 11) is 16.5. The number of H-pyrrole nitrogens is 4.